The molecule has 3 aromatic rings. The van der Waals surface area contributed by atoms with Crippen molar-refractivity contribution in [2.45, 2.75) is 37.5 Å². The Bertz CT molecular complexity index is 1080. The van der Waals surface area contributed by atoms with Gasteiger partial charge in [-0.3, -0.25) is 9.52 Å². The van der Waals surface area contributed by atoms with Crippen LogP contribution in [0.25, 0.3) is 0 Å². The average molecular weight is 459 g/mol. The van der Waals surface area contributed by atoms with Crippen LogP contribution in [0.1, 0.15) is 42.5 Å². The van der Waals surface area contributed by atoms with Crippen LogP contribution in [0.3, 0.4) is 0 Å². The van der Waals surface area contributed by atoms with Crippen molar-refractivity contribution in [3.8, 4) is 0 Å². The van der Waals surface area contributed by atoms with Crippen molar-refractivity contribution in [3.05, 3.63) is 60.0 Å². The zero-order valence-electron chi connectivity index (χ0n) is 17.8. The molecule has 0 spiro atoms. The van der Waals surface area contributed by atoms with Crippen LogP contribution in [0.15, 0.2) is 48.9 Å². The maximum Gasteiger partial charge on any atom is 0.421 e. The van der Waals surface area contributed by atoms with E-state index in [2.05, 4.69) is 25.7 Å². The fraction of sp³-hybridized carbons (Fsp3) is 0.409. The van der Waals surface area contributed by atoms with Crippen LogP contribution in [0.4, 0.5) is 30.6 Å². The van der Waals surface area contributed by atoms with Crippen molar-refractivity contribution in [2.24, 2.45) is 0 Å². The molecule has 0 radical (unpaired) electrons. The van der Waals surface area contributed by atoms with Gasteiger partial charge in [0.2, 0.25) is 5.95 Å². The number of hydroxylamine groups is 1. The van der Waals surface area contributed by atoms with Crippen LogP contribution in [0.5, 0.6) is 0 Å². The van der Waals surface area contributed by atoms with Crippen molar-refractivity contribution in [1.82, 2.24) is 25.1 Å². The summed E-state index contributed by atoms with van der Waals surface area (Å²) < 4.78 is 43.3. The summed E-state index contributed by atoms with van der Waals surface area (Å²) in [5, 5.41) is 12.0. The number of nitrogens with zero attached hydrogens (tertiary/aromatic N) is 5. The first-order chi connectivity index (χ1) is 16.0. The van der Waals surface area contributed by atoms with Crippen molar-refractivity contribution in [2.75, 3.05) is 30.1 Å². The zero-order chi connectivity index (χ0) is 22.8. The third-order valence-electron chi connectivity index (χ3n) is 5.91. The number of anilines is 3. The van der Waals surface area contributed by atoms with Gasteiger partial charge in [0.15, 0.2) is 5.82 Å². The van der Waals surface area contributed by atoms with Crippen LogP contribution >= 0.6 is 0 Å². The standard InChI is InChI=1S/C22H24F3N7O/c23-22(24,25)18-13-27-21(29-16-12-28-31(14-16)17-6-9-26-10-7-17)30-20(18)32-19(8-11-33-32)15-4-2-1-3-5-15/h1-5,12-14,17,19,26H,6-11H2,(H,27,29,30)/t19-/m0/s1. The second-order valence-corrected chi connectivity index (χ2v) is 8.12. The summed E-state index contributed by atoms with van der Waals surface area (Å²) >= 11 is 0. The highest BCUT2D eigenvalue weighted by molar-refractivity contribution is 5.56. The highest BCUT2D eigenvalue weighted by Gasteiger charge is 2.40. The molecule has 2 fully saturated rings. The molecule has 2 aliphatic rings. The molecule has 33 heavy (non-hydrogen) atoms. The Hall–Kier alpha value is -3.18. The maximum atomic E-state index is 13.8. The largest absolute Gasteiger partial charge is 0.421 e. The second kappa shape index (κ2) is 8.99. The summed E-state index contributed by atoms with van der Waals surface area (Å²) in [6.07, 6.45) is 2.12. The van der Waals surface area contributed by atoms with Crippen molar-refractivity contribution >= 4 is 17.5 Å². The highest BCUT2D eigenvalue weighted by atomic mass is 19.4. The number of alkyl halides is 3. The molecule has 0 aliphatic carbocycles. The number of halogens is 3. The minimum atomic E-state index is -4.62. The van der Waals surface area contributed by atoms with Crippen LogP contribution in [-0.2, 0) is 11.0 Å². The Morgan fingerprint density at radius 2 is 1.85 bits per heavy atom. The van der Waals surface area contributed by atoms with Crippen molar-refractivity contribution in [1.29, 1.82) is 0 Å². The molecule has 2 aliphatic heterocycles. The van der Waals surface area contributed by atoms with Crippen molar-refractivity contribution < 1.29 is 18.0 Å². The number of piperidine rings is 1. The Kier molecular flexibility index (Phi) is 5.90. The van der Waals surface area contributed by atoms with Gasteiger partial charge >= 0.3 is 6.18 Å². The number of nitrogens with one attached hydrogen (secondary N) is 2. The van der Waals surface area contributed by atoms with Gasteiger partial charge in [0.1, 0.15) is 5.56 Å². The Labute approximate surface area is 188 Å². The molecule has 2 aromatic heterocycles. The van der Waals surface area contributed by atoms with Crippen LogP contribution in [-0.4, -0.2) is 39.4 Å². The summed E-state index contributed by atoms with van der Waals surface area (Å²) in [5.74, 6) is -0.262. The van der Waals surface area contributed by atoms with E-state index in [1.807, 2.05) is 41.2 Å². The molecule has 0 saturated carbocycles. The molecular weight excluding hydrogens is 435 g/mol. The first kappa shape index (κ1) is 21.7. The molecule has 174 valence electrons. The molecule has 0 unspecified atom stereocenters. The lowest BCUT2D eigenvalue weighted by atomic mass is 10.0. The van der Waals surface area contributed by atoms with E-state index >= 15 is 0 Å². The van der Waals surface area contributed by atoms with Gasteiger partial charge in [0.25, 0.3) is 0 Å². The molecule has 5 rings (SSSR count). The number of hydrogen-bond donors (Lipinski definition) is 2. The summed E-state index contributed by atoms with van der Waals surface area (Å²) in [4.78, 5) is 13.8. The van der Waals surface area contributed by atoms with Gasteiger partial charge in [-0.1, -0.05) is 30.3 Å². The lowest BCUT2D eigenvalue weighted by Gasteiger charge is -2.26. The first-order valence-corrected chi connectivity index (χ1v) is 10.9. The molecule has 11 heteroatoms. The highest BCUT2D eigenvalue weighted by Crippen LogP contribution is 2.41. The third-order valence-corrected chi connectivity index (χ3v) is 5.91. The average Bonchev–Trinajstić information content (AvgIpc) is 3.49. The fourth-order valence-corrected chi connectivity index (χ4v) is 4.26. The topological polar surface area (TPSA) is 80.1 Å². The summed E-state index contributed by atoms with van der Waals surface area (Å²) in [5.41, 5.74) is 0.530. The van der Waals surface area contributed by atoms with E-state index in [0.717, 1.165) is 37.7 Å². The van der Waals surface area contributed by atoms with Crippen LogP contribution in [0, 0.1) is 0 Å². The van der Waals surface area contributed by atoms with E-state index in [9.17, 15) is 13.2 Å². The second-order valence-electron chi connectivity index (χ2n) is 8.12. The molecule has 2 saturated heterocycles. The van der Waals surface area contributed by atoms with Gasteiger partial charge in [-0.25, -0.2) is 10.0 Å². The SMILES string of the molecule is FC(F)(F)c1cnc(Nc2cnn(C3CCNCC3)c2)nc1N1OCC[C@H]1c1ccccc1. The predicted octanol–water partition coefficient (Wildman–Crippen LogP) is 4.24. The number of aromatic nitrogens is 4. The summed E-state index contributed by atoms with van der Waals surface area (Å²) in [6, 6.07) is 9.21. The summed E-state index contributed by atoms with van der Waals surface area (Å²) in [7, 11) is 0. The lowest BCUT2D eigenvalue weighted by Crippen LogP contribution is -2.29. The van der Waals surface area contributed by atoms with Crippen LogP contribution in [0.2, 0.25) is 0 Å². The number of rotatable bonds is 5. The molecule has 0 amide bonds. The van der Waals surface area contributed by atoms with E-state index in [0.29, 0.717) is 18.7 Å². The van der Waals surface area contributed by atoms with E-state index in [1.54, 1.807) is 6.20 Å². The minimum Gasteiger partial charge on any atom is -0.321 e. The van der Waals surface area contributed by atoms with E-state index < -0.39 is 11.7 Å². The Balaban J connectivity index is 1.43. The van der Waals surface area contributed by atoms with Crippen LogP contribution < -0.4 is 15.7 Å². The smallest absolute Gasteiger partial charge is 0.321 e. The molecule has 8 nitrogen and oxygen atoms in total. The minimum absolute atomic E-state index is 0.0465. The Morgan fingerprint density at radius 1 is 1.06 bits per heavy atom. The molecule has 0 bridgehead atoms. The van der Waals surface area contributed by atoms with Gasteiger partial charge in [-0.2, -0.15) is 23.3 Å². The molecule has 1 atom stereocenters. The Morgan fingerprint density at radius 3 is 2.61 bits per heavy atom. The van der Waals surface area contributed by atoms with Gasteiger partial charge in [0, 0.05) is 18.8 Å². The fourth-order valence-electron chi connectivity index (χ4n) is 4.26. The zero-order valence-corrected chi connectivity index (χ0v) is 17.8. The van der Waals surface area contributed by atoms with E-state index in [1.165, 1.54) is 5.06 Å². The number of benzene rings is 1. The van der Waals surface area contributed by atoms with Gasteiger partial charge < -0.3 is 10.6 Å². The molecule has 1 aromatic carbocycles. The van der Waals surface area contributed by atoms with E-state index in [-0.39, 0.29) is 23.8 Å². The van der Waals surface area contributed by atoms with Gasteiger partial charge in [-0.05, 0) is 31.5 Å². The van der Waals surface area contributed by atoms with Crippen molar-refractivity contribution in [3.63, 3.8) is 0 Å². The molecule has 4 heterocycles. The van der Waals surface area contributed by atoms with E-state index in [4.69, 9.17) is 4.84 Å². The lowest BCUT2D eigenvalue weighted by molar-refractivity contribution is -0.138. The van der Waals surface area contributed by atoms with Gasteiger partial charge in [-0.15, -0.1) is 0 Å². The maximum absolute atomic E-state index is 13.8. The first-order valence-electron chi connectivity index (χ1n) is 10.9. The van der Waals surface area contributed by atoms with Gasteiger partial charge in [0.05, 0.1) is 30.6 Å². The number of hydrogen-bond acceptors (Lipinski definition) is 7. The molecule has 2 N–H and O–H groups in total. The normalized spacial score (nSPS) is 19.7. The molecular formula is C22H24F3N7O. The quantitative estimate of drug-likeness (QED) is 0.591. The third kappa shape index (κ3) is 4.64. The monoisotopic (exact) mass is 459 g/mol. The summed E-state index contributed by atoms with van der Waals surface area (Å²) in [6.45, 7) is 2.15. The predicted molar refractivity (Wildman–Crippen MR) is 116 cm³/mol.